The van der Waals surface area contributed by atoms with Crippen LogP contribution in [0.1, 0.15) is 33.3 Å². The van der Waals surface area contributed by atoms with Gasteiger partial charge in [-0.1, -0.05) is 51.1 Å². The molecule has 0 aliphatic carbocycles. The van der Waals surface area contributed by atoms with E-state index in [0.717, 1.165) is 22.6 Å². The highest BCUT2D eigenvalue weighted by Crippen LogP contribution is 2.32. The molecule has 0 atom stereocenters. The molecule has 1 N–H and O–H groups in total. The summed E-state index contributed by atoms with van der Waals surface area (Å²) in [5, 5.41) is 8.81. The maximum atomic E-state index is 13.1. The molecular formula is C22H23N3O2. The van der Waals surface area contributed by atoms with Crippen LogP contribution in [0.5, 0.6) is 0 Å². The molecular weight excluding hydrogens is 338 g/mol. The zero-order valence-electron chi connectivity index (χ0n) is 16.0. The van der Waals surface area contributed by atoms with Gasteiger partial charge in [0.15, 0.2) is 0 Å². The molecule has 5 heteroatoms. The van der Waals surface area contributed by atoms with Crippen LogP contribution in [0.15, 0.2) is 65.3 Å². The third kappa shape index (κ3) is 4.14. The minimum absolute atomic E-state index is 0.118. The van der Waals surface area contributed by atoms with Crippen LogP contribution in [0.2, 0.25) is 0 Å². The monoisotopic (exact) mass is 361 g/mol. The number of amides is 2. The molecule has 1 aliphatic heterocycles. The molecule has 5 nitrogen and oxygen atoms in total. The Hall–Kier alpha value is -3.21. The minimum atomic E-state index is -0.277. The fraction of sp³-hybridized carbons (Fsp3) is 0.227. The normalized spacial score (nSPS) is 15.9. The molecule has 0 aromatic heterocycles. The SMILES string of the molecule is CC(=O)Nc1ccc(/C=C2\C(=O)N(c3ccccc3)N=C2C(C)(C)C)cc1. The Labute approximate surface area is 159 Å². The number of anilines is 2. The molecule has 2 aromatic carbocycles. The van der Waals surface area contributed by atoms with Gasteiger partial charge in [-0.05, 0) is 35.9 Å². The van der Waals surface area contributed by atoms with Crippen molar-refractivity contribution in [3.05, 3.63) is 65.7 Å². The van der Waals surface area contributed by atoms with Gasteiger partial charge in [0.2, 0.25) is 5.91 Å². The lowest BCUT2D eigenvalue weighted by Crippen LogP contribution is -2.24. The van der Waals surface area contributed by atoms with Crippen LogP contribution in [0.4, 0.5) is 11.4 Å². The van der Waals surface area contributed by atoms with E-state index in [-0.39, 0.29) is 17.2 Å². The van der Waals surface area contributed by atoms with Crippen molar-refractivity contribution in [2.24, 2.45) is 10.5 Å². The molecule has 3 rings (SSSR count). The number of benzene rings is 2. The lowest BCUT2D eigenvalue weighted by Gasteiger charge is -2.18. The first-order chi connectivity index (χ1) is 12.8. The van der Waals surface area contributed by atoms with E-state index < -0.39 is 0 Å². The Bertz CT molecular complexity index is 920. The van der Waals surface area contributed by atoms with Gasteiger partial charge in [-0.15, -0.1) is 0 Å². The number of para-hydroxylation sites is 1. The zero-order chi connectivity index (χ0) is 19.6. The van der Waals surface area contributed by atoms with Crippen molar-refractivity contribution in [3.63, 3.8) is 0 Å². The molecule has 2 amide bonds. The number of nitrogens with zero attached hydrogens (tertiary/aromatic N) is 2. The zero-order valence-corrected chi connectivity index (χ0v) is 16.0. The van der Waals surface area contributed by atoms with Crippen LogP contribution in [0.3, 0.4) is 0 Å². The van der Waals surface area contributed by atoms with E-state index in [2.05, 4.69) is 10.4 Å². The van der Waals surface area contributed by atoms with Crippen molar-refractivity contribution in [1.29, 1.82) is 0 Å². The van der Waals surface area contributed by atoms with Crippen molar-refractivity contribution >= 4 is 35.0 Å². The minimum Gasteiger partial charge on any atom is -0.326 e. The van der Waals surface area contributed by atoms with Gasteiger partial charge in [-0.3, -0.25) is 9.59 Å². The molecule has 0 saturated heterocycles. The average Bonchev–Trinajstić information content (AvgIpc) is 2.94. The molecule has 0 bridgehead atoms. The number of rotatable bonds is 3. The predicted octanol–water partition coefficient (Wildman–Crippen LogP) is 4.48. The fourth-order valence-corrected chi connectivity index (χ4v) is 2.88. The van der Waals surface area contributed by atoms with E-state index in [4.69, 9.17) is 0 Å². The van der Waals surface area contributed by atoms with Crippen molar-refractivity contribution in [1.82, 2.24) is 0 Å². The second kappa shape index (κ2) is 7.19. The average molecular weight is 361 g/mol. The smallest absolute Gasteiger partial charge is 0.280 e. The second-order valence-electron chi connectivity index (χ2n) is 7.51. The van der Waals surface area contributed by atoms with Gasteiger partial charge in [0.25, 0.3) is 5.91 Å². The van der Waals surface area contributed by atoms with E-state index in [1.807, 2.05) is 81.4 Å². The Balaban J connectivity index is 1.97. The van der Waals surface area contributed by atoms with E-state index in [1.54, 1.807) is 0 Å². The van der Waals surface area contributed by atoms with Crippen molar-refractivity contribution in [2.75, 3.05) is 10.3 Å². The Morgan fingerprint density at radius 3 is 2.22 bits per heavy atom. The molecule has 1 aliphatic rings. The lowest BCUT2D eigenvalue weighted by atomic mass is 9.85. The van der Waals surface area contributed by atoms with Gasteiger partial charge >= 0.3 is 0 Å². The van der Waals surface area contributed by atoms with Crippen LogP contribution < -0.4 is 10.3 Å². The lowest BCUT2D eigenvalue weighted by molar-refractivity contribution is -0.115. The molecule has 0 fully saturated rings. The molecule has 0 saturated carbocycles. The van der Waals surface area contributed by atoms with Crippen LogP contribution in [0, 0.1) is 5.41 Å². The summed E-state index contributed by atoms with van der Waals surface area (Å²) in [6, 6.07) is 16.8. The standard InChI is InChI=1S/C22H23N3O2/c1-15(26)23-17-12-10-16(11-13-17)14-19-20(22(2,3)4)24-25(21(19)27)18-8-6-5-7-9-18/h5-14H,1-4H3,(H,23,26)/b19-14-. The van der Waals surface area contributed by atoms with Gasteiger partial charge in [0, 0.05) is 18.0 Å². The number of hydrazone groups is 1. The first-order valence-corrected chi connectivity index (χ1v) is 8.84. The quantitative estimate of drug-likeness (QED) is 0.820. The molecule has 138 valence electrons. The highest BCUT2D eigenvalue weighted by molar-refractivity contribution is 6.34. The maximum absolute atomic E-state index is 13.1. The molecule has 0 unspecified atom stereocenters. The van der Waals surface area contributed by atoms with Crippen molar-refractivity contribution < 1.29 is 9.59 Å². The van der Waals surface area contributed by atoms with Crippen molar-refractivity contribution in [2.45, 2.75) is 27.7 Å². The Morgan fingerprint density at radius 1 is 1.04 bits per heavy atom. The predicted molar refractivity (Wildman–Crippen MR) is 110 cm³/mol. The summed E-state index contributed by atoms with van der Waals surface area (Å²) in [7, 11) is 0. The van der Waals surface area contributed by atoms with Gasteiger partial charge in [0.05, 0.1) is 17.0 Å². The highest BCUT2D eigenvalue weighted by atomic mass is 16.2. The summed E-state index contributed by atoms with van der Waals surface area (Å²) in [6.45, 7) is 7.60. The van der Waals surface area contributed by atoms with Crippen LogP contribution in [-0.2, 0) is 9.59 Å². The summed E-state index contributed by atoms with van der Waals surface area (Å²) >= 11 is 0. The molecule has 1 heterocycles. The number of nitrogens with one attached hydrogen (secondary N) is 1. The third-order valence-electron chi connectivity index (χ3n) is 4.13. The number of hydrogen-bond donors (Lipinski definition) is 1. The Kier molecular flexibility index (Phi) is 4.95. The summed E-state index contributed by atoms with van der Waals surface area (Å²) in [6.07, 6.45) is 1.85. The largest absolute Gasteiger partial charge is 0.326 e. The fourth-order valence-electron chi connectivity index (χ4n) is 2.88. The summed E-state index contributed by atoms with van der Waals surface area (Å²) in [4.78, 5) is 24.2. The van der Waals surface area contributed by atoms with E-state index in [1.165, 1.54) is 11.9 Å². The number of hydrogen-bond acceptors (Lipinski definition) is 3. The van der Waals surface area contributed by atoms with E-state index in [0.29, 0.717) is 5.57 Å². The van der Waals surface area contributed by atoms with E-state index in [9.17, 15) is 9.59 Å². The summed E-state index contributed by atoms with van der Waals surface area (Å²) < 4.78 is 0. The van der Waals surface area contributed by atoms with Crippen molar-refractivity contribution in [3.8, 4) is 0 Å². The molecule has 2 aromatic rings. The molecule has 27 heavy (non-hydrogen) atoms. The number of carbonyl (C=O) groups excluding carboxylic acids is 2. The third-order valence-corrected chi connectivity index (χ3v) is 4.13. The topological polar surface area (TPSA) is 61.8 Å². The first kappa shape index (κ1) is 18.6. The highest BCUT2D eigenvalue weighted by Gasteiger charge is 2.37. The first-order valence-electron chi connectivity index (χ1n) is 8.84. The maximum Gasteiger partial charge on any atom is 0.280 e. The van der Waals surface area contributed by atoms with E-state index >= 15 is 0 Å². The number of carbonyl (C=O) groups is 2. The molecule has 0 radical (unpaired) electrons. The summed E-state index contributed by atoms with van der Waals surface area (Å²) in [5.74, 6) is -0.259. The second-order valence-corrected chi connectivity index (χ2v) is 7.51. The van der Waals surface area contributed by atoms with Gasteiger partial charge in [-0.25, -0.2) is 0 Å². The molecule has 0 spiro atoms. The van der Waals surface area contributed by atoms with Crippen LogP contribution >= 0.6 is 0 Å². The van der Waals surface area contributed by atoms with Gasteiger partial charge in [0.1, 0.15) is 0 Å². The van der Waals surface area contributed by atoms with Gasteiger partial charge in [-0.2, -0.15) is 10.1 Å². The van der Waals surface area contributed by atoms with Crippen LogP contribution in [0.25, 0.3) is 6.08 Å². The van der Waals surface area contributed by atoms with Crippen LogP contribution in [-0.4, -0.2) is 17.5 Å². The summed E-state index contributed by atoms with van der Waals surface area (Å²) in [5.41, 5.74) is 3.40. The Morgan fingerprint density at radius 2 is 1.67 bits per heavy atom. The van der Waals surface area contributed by atoms with Gasteiger partial charge < -0.3 is 5.32 Å².